The lowest BCUT2D eigenvalue weighted by atomic mass is 9.93. The van der Waals surface area contributed by atoms with Crippen molar-refractivity contribution in [3.8, 4) is 11.5 Å². The molecule has 2 N–H and O–H groups in total. The van der Waals surface area contributed by atoms with Crippen LogP contribution in [0.1, 0.15) is 22.8 Å². The summed E-state index contributed by atoms with van der Waals surface area (Å²) in [6.45, 7) is 1.12. The van der Waals surface area contributed by atoms with Gasteiger partial charge in [0.2, 0.25) is 17.6 Å². The van der Waals surface area contributed by atoms with Crippen molar-refractivity contribution < 1.29 is 18.8 Å². The molecule has 4 rings (SSSR count). The third kappa shape index (κ3) is 4.38. The SMILES string of the molecule is COc1ccc(OCc2noc(CN3Cc4ccccc4C[C@@H]3C(N)=O)n2)cc1. The number of nitrogens with zero attached hydrogens (tertiary/aromatic N) is 3. The quantitative estimate of drug-likeness (QED) is 0.654. The van der Waals surface area contributed by atoms with E-state index in [2.05, 4.69) is 16.2 Å². The summed E-state index contributed by atoms with van der Waals surface area (Å²) in [5.74, 6) is 1.93. The van der Waals surface area contributed by atoms with Crippen LogP contribution >= 0.6 is 0 Å². The number of carbonyl (C=O) groups is 1. The Morgan fingerprint density at radius 1 is 1.17 bits per heavy atom. The van der Waals surface area contributed by atoms with Crippen molar-refractivity contribution in [1.82, 2.24) is 15.0 Å². The van der Waals surface area contributed by atoms with Crippen LogP contribution in [0.3, 0.4) is 0 Å². The largest absolute Gasteiger partial charge is 0.497 e. The minimum atomic E-state index is -0.407. The van der Waals surface area contributed by atoms with E-state index in [1.165, 1.54) is 5.56 Å². The van der Waals surface area contributed by atoms with Gasteiger partial charge in [0.25, 0.3) is 0 Å². The molecule has 0 fully saturated rings. The number of amides is 1. The van der Waals surface area contributed by atoms with Crippen LogP contribution in [0.25, 0.3) is 0 Å². The van der Waals surface area contributed by atoms with Crippen LogP contribution in [0.4, 0.5) is 0 Å². The number of hydrogen-bond acceptors (Lipinski definition) is 7. The number of benzene rings is 2. The molecule has 0 unspecified atom stereocenters. The second-order valence-corrected chi connectivity index (χ2v) is 6.86. The van der Waals surface area contributed by atoms with Crippen LogP contribution in [0.2, 0.25) is 0 Å². The minimum Gasteiger partial charge on any atom is -0.497 e. The van der Waals surface area contributed by atoms with Crippen molar-refractivity contribution in [2.75, 3.05) is 7.11 Å². The highest BCUT2D eigenvalue weighted by molar-refractivity contribution is 5.80. The van der Waals surface area contributed by atoms with E-state index >= 15 is 0 Å². The fraction of sp³-hybridized carbons (Fsp3) is 0.286. The van der Waals surface area contributed by atoms with Gasteiger partial charge in [-0.3, -0.25) is 9.69 Å². The highest BCUT2D eigenvalue weighted by atomic mass is 16.5. The summed E-state index contributed by atoms with van der Waals surface area (Å²) in [6.07, 6.45) is 0.576. The average Bonchev–Trinajstić information content (AvgIpc) is 3.19. The van der Waals surface area contributed by atoms with Gasteiger partial charge in [-0.1, -0.05) is 29.4 Å². The van der Waals surface area contributed by atoms with Crippen molar-refractivity contribution >= 4 is 5.91 Å². The maximum atomic E-state index is 12.0. The zero-order valence-corrected chi connectivity index (χ0v) is 16.1. The highest BCUT2D eigenvalue weighted by Gasteiger charge is 2.31. The first-order valence-electron chi connectivity index (χ1n) is 9.31. The normalized spacial score (nSPS) is 16.2. The molecule has 0 bridgehead atoms. The Bertz CT molecular complexity index is 986. The summed E-state index contributed by atoms with van der Waals surface area (Å²) in [6, 6.07) is 14.9. The molecule has 0 saturated carbocycles. The first kappa shape index (κ1) is 18.9. The van der Waals surface area contributed by atoms with Gasteiger partial charge < -0.3 is 19.7 Å². The van der Waals surface area contributed by atoms with Gasteiger partial charge in [0.15, 0.2) is 6.61 Å². The minimum absolute atomic E-state index is 0.178. The van der Waals surface area contributed by atoms with Gasteiger partial charge in [0.1, 0.15) is 11.5 Å². The number of fused-ring (bicyclic) bond motifs is 1. The van der Waals surface area contributed by atoms with Gasteiger partial charge in [-0.15, -0.1) is 0 Å². The predicted octanol–water partition coefficient (Wildman–Crippen LogP) is 2.07. The van der Waals surface area contributed by atoms with Crippen LogP contribution in [-0.4, -0.2) is 34.1 Å². The van der Waals surface area contributed by atoms with E-state index < -0.39 is 6.04 Å². The van der Waals surface area contributed by atoms with Gasteiger partial charge in [-0.05, 0) is 41.8 Å². The molecule has 0 aliphatic carbocycles. The molecule has 3 aromatic rings. The van der Waals surface area contributed by atoms with E-state index in [4.69, 9.17) is 19.7 Å². The molecule has 1 amide bonds. The smallest absolute Gasteiger partial charge is 0.240 e. The fourth-order valence-electron chi connectivity index (χ4n) is 3.43. The van der Waals surface area contributed by atoms with Gasteiger partial charge in [-0.25, -0.2) is 0 Å². The summed E-state index contributed by atoms with van der Waals surface area (Å²) >= 11 is 0. The Morgan fingerprint density at radius 3 is 2.62 bits per heavy atom. The van der Waals surface area contributed by atoms with E-state index in [1.807, 2.05) is 47.4 Å². The summed E-state index contributed by atoms with van der Waals surface area (Å²) in [7, 11) is 1.61. The van der Waals surface area contributed by atoms with E-state index in [-0.39, 0.29) is 12.5 Å². The first-order valence-corrected chi connectivity index (χ1v) is 9.31. The highest BCUT2D eigenvalue weighted by Crippen LogP contribution is 2.24. The number of carbonyl (C=O) groups excluding carboxylic acids is 1. The maximum Gasteiger partial charge on any atom is 0.240 e. The number of aromatic nitrogens is 2. The third-order valence-electron chi connectivity index (χ3n) is 4.95. The number of nitrogens with two attached hydrogens (primary N) is 1. The van der Waals surface area contributed by atoms with Crippen LogP contribution in [0.15, 0.2) is 53.1 Å². The number of methoxy groups -OCH3 is 1. The predicted molar refractivity (Wildman–Crippen MR) is 104 cm³/mol. The lowest BCUT2D eigenvalue weighted by molar-refractivity contribution is -0.124. The molecule has 8 heteroatoms. The van der Waals surface area contributed by atoms with Crippen molar-refractivity contribution in [3.63, 3.8) is 0 Å². The molecule has 0 saturated heterocycles. The molecule has 0 radical (unpaired) electrons. The van der Waals surface area contributed by atoms with Crippen LogP contribution in [-0.2, 0) is 30.9 Å². The monoisotopic (exact) mass is 394 g/mol. The Morgan fingerprint density at radius 2 is 1.90 bits per heavy atom. The molecule has 2 aromatic carbocycles. The lowest BCUT2D eigenvalue weighted by Crippen LogP contribution is -2.48. The Labute approximate surface area is 168 Å². The number of hydrogen-bond donors (Lipinski definition) is 1. The molecule has 1 aliphatic rings. The van der Waals surface area contributed by atoms with E-state index in [9.17, 15) is 4.79 Å². The second kappa shape index (κ2) is 8.32. The molecule has 1 aliphatic heterocycles. The molecule has 2 heterocycles. The van der Waals surface area contributed by atoms with Crippen molar-refractivity contribution in [1.29, 1.82) is 0 Å². The zero-order valence-electron chi connectivity index (χ0n) is 16.1. The summed E-state index contributed by atoms with van der Waals surface area (Å²) in [5.41, 5.74) is 7.95. The van der Waals surface area contributed by atoms with E-state index in [1.54, 1.807) is 7.11 Å². The van der Waals surface area contributed by atoms with E-state index in [0.29, 0.717) is 37.0 Å². The van der Waals surface area contributed by atoms with Crippen LogP contribution in [0, 0.1) is 0 Å². The van der Waals surface area contributed by atoms with Gasteiger partial charge in [0.05, 0.1) is 19.7 Å². The number of rotatable bonds is 7. The standard InChI is InChI=1S/C21H22N4O4/c1-27-16-6-8-17(9-7-16)28-13-19-23-20(29-24-19)12-25-11-15-5-3-2-4-14(15)10-18(25)21(22)26/h2-9,18H,10-13H2,1H3,(H2,22,26)/t18-/m1/s1. The summed E-state index contributed by atoms with van der Waals surface area (Å²) < 4.78 is 16.1. The molecule has 29 heavy (non-hydrogen) atoms. The van der Waals surface area contributed by atoms with Gasteiger partial charge in [-0.2, -0.15) is 4.98 Å². The average molecular weight is 394 g/mol. The van der Waals surface area contributed by atoms with Crippen LogP contribution in [0.5, 0.6) is 11.5 Å². The molecule has 1 aromatic heterocycles. The van der Waals surface area contributed by atoms with Crippen molar-refractivity contribution in [2.45, 2.75) is 32.2 Å². The molecule has 8 nitrogen and oxygen atoms in total. The fourth-order valence-corrected chi connectivity index (χ4v) is 3.43. The van der Waals surface area contributed by atoms with Crippen LogP contribution < -0.4 is 15.2 Å². The first-order chi connectivity index (χ1) is 14.1. The number of primary amides is 1. The molecular weight excluding hydrogens is 372 g/mol. The Hall–Kier alpha value is -3.39. The van der Waals surface area contributed by atoms with Crippen molar-refractivity contribution in [2.24, 2.45) is 5.73 Å². The van der Waals surface area contributed by atoms with E-state index in [0.717, 1.165) is 11.3 Å². The maximum absolute atomic E-state index is 12.0. The van der Waals surface area contributed by atoms with Crippen molar-refractivity contribution in [3.05, 3.63) is 71.4 Å². The Balaban J connectivity index is 1.40. The molecule has 1 atom stereocenters. The molecule has 0 spiro atoms. The third-order valence-corrected chi connectivity index (χ3v) is 4.95. The number of ether oxygens (including phenoxy) is 2. The Kier molecular flexibility index (Phi) is 5.44. The lowest BCUT2D eigenvalue weighted by Gasteiger charge is -2.33. The second-order valence-electron chi connectivity index (χ2n) is 6.86. The van der Waals surface area contributed by atoms with Gasteiger partial charge in [0, 0.05) is 6.54 Å². The topological polar surface area (TPSA) is 104 Å². The summed E-state index contributed by atoms with van der Waals surface area (Å²) in [4.78, 5) is 18.3. The summed E-state index contributed by atoms with van der Waals surface area (Å²) in [5, 5.41) is 3.97. The molecule has 150 valence electrons. The van der Waals surface area contributed by atoms with Gasteiger partial charge >= 0.3 is 0 Å². The zero-order chi connectivity index (χ0) is 20.2. The molecular formula is C21H22N4O4.